The third kappa shape index (κ3) is 4.35. The largest absolute Gasteiger partial charge is 0.377 e. The number of halogens is 1. The van der Waals surface area contributed by atoms with Crippen LogP contribution >= 0.6 is 35.3 Å². The highest BCUT2D eigenvalue weighted by molar-refractivity contribution is 14.0. The zero-order valence-corrected chi connectivity index (χ0v) is 19.9. The number of thiazole rings is 1. The van der Waals surface area contributed by atoms with E-state index in [0.29, 0.717) is 24.6 Å². The second-order valence-corrected chi connectivity index (χ2v) is 9.79. The maximum Gasteiger partial charge on any atom is 0.191 e. The van der Waals surface area contributed by atoms with Crippen molar-refractivity contribution in [1.82, 2.24) is 15.6 Å². The minimum Gasteiger partial charge on any atom is -0.377 e. The number of aliphatic imine (C=N–C) groups is 1. The predicted molar refractivity (Wildman–Crippen MR) is 120 cm³/mol. The number of ether oxygens (including phenoxy) is 1. The monoisotopic (exact) mass is 492 g/mol. The van der Waals surface area contributed by atoms with E-state index in [9.17, 15) is 0 Å². The lowest BCUT2D eigenvalue weighted by Gasteiger charge is -2.60. The molecule has 2 heterocycles. The standard InChI is InChI=1S/C19H32N4OS.HI/c1-18(2,3)13-11-25-14(22-13)10-21-17(20-6)23-15-12-8-7-9-24-16(12)19(15,4)5;/h11-12,15-16H,7-10H2,1-6H3,(H2,20,21,23);1H. The molecule has 1 aromatic rings. The first-order chi connectivity index (χ1) is 11.7. The molecule has 26 heavy (non-hydrogen) atoms. The van der Waals surface area contributed by atoms with E-state index in [0.717, 1.165) is 29.7 Å². The van der Waals surface area contributed by atoms with E-state index < -0.39 is 0 Å². The zero-order valence-electron chi connectivity index (χ0n) is 16.8. The summed E-state index contributed by atoms with van der Waals surface area (Å²) in [6, 6.07) is 0.408. The Balaban J connectivity index is 0.00000243. The second kappa shape index (κ2) is 8.31. The van der Waals surface area contributed by atoms with E-state index >= 15 is 0 Å². The number of nitrogens with zero attached hydrogens (tertiary/aromatic N) is 2. The molecular weight excluding hydrogens is 459 g/mol. The van der Waals surface area contributed by atoms with Crippen molar-refractivity contribution in [3.8, 4) is 0 Å². The Hall–Kier alpha value is -0.410. The molecule has 5 nitrogen and oxygen atoms in total. The fraction of sp³-hybridized carbons (Fsp3) is 0.789. The van der Waals surface area contributed by atoms with Gasteiger partial charge in [0.2, 0.25) is 0 Å². The average Bonchev–Trinajstić information content (AvgIpc) is 3.04. The first kappa shape index (κ1) is 21.9. The molecule has 0 amide bonds. The maximum atomic E-state index is 5.99. The van der Waals surface area contributed by atoms with Crippen LogP contribution in [0.4, 0.5) is 0 Å². The fourth-order valence-corrected chi connectivity index (χ4v) is 5.01. The quantitative estimate of drug-likeness (QED) is 0.382. The molecule has 2 N–H and O–H groups in total. The summed E-state index contributed by atoms with van der Waals surface area (Å²) in [4.78, 5) is 9.16. The van der Waals surface area contributed by atoms with Crippen LogP contribution in [0.15, 0.2) is 10.4 Å². The first-order valence-corrected chi connectivity index (χ1v) is 10.1. The molecule has 3 rings (SSSR count). The number of hydrogen-bond acceptors (Lipinski definition) is 4. The number of nitrogens with one attached hydrogen (secondary N) is 2. The van der Waals surface area contributed by atoms with Gasteiger partial charge >= 0.3 is 0 Å². The molecule has 3 atom stereocenters. The summed E-state index contributed by atoms with van der Waals surface area (Å²) >= 11 is 1.71. The third-order valence-electron chi connectivity index (χ3n) is 5.57. The van der Waals surface area contributed by atoms with Crippen LogP contribution in [-0.2, 0) is 16.7 Å². The van der Waals surface area contributed by atoms with Gasteiger partial charge in [0, 0.05) is 41.8 Å². The Labute approximate surface area is 178 Å². The van der Waals surface area contributed by atoms with Crippen LogP contribution < -0.4 is 10.6 Å². The molecule has 0 spiro atoms. The van der Waals surface area contributed by atoms with E-state index in [1.54, 1.807) is 11.3 Å². The molecule has 7 heteroatoms. The van der Waals surface area contributed by atoms with Crippen LogP contribution in [0.2, 0.25) is 0 Å². The SMILES string of the molecule is CN=C(NCc1nc(C(C)(C)C)cs1)NC1C2CCCOC2C1(C)C.I. The molecule has 2 fully saturated rings. The first-order valence-electron chi connectivity index (χ1n) is 9.27. The number of hydrogen-bond donors (Lipinski definition) is 2. The van der Waals surface area contributed by atoms with E-state index in [1.165, 1.54) is 6.42 Å². The Morgan fingerprint density at radius 3 is 2.77 bits per heavy atom. The molecule has 1 aliphatic carbocycles. The maximum absolute atomic E-state index is 5.99. The van der Waals surface area contributed by atoms with Gasteiger partial charge in [-0.25, -0.2) is 4.98 Å². The molecule has 1 saturated heterocycles. The van der Waals surface area contributed by atoms with Gasteiger partial charge in [-0.1, -0.05) is 34.6 Å². The molecule has 0 bridgehead atoms. The highest BCUT2D eigenvalue weighted by atomic mass is 127. The van der Waals surface area contributed by atoms with Crippen molar-refractivity contribution in [2.24, 2.45) is 16.3 Å². The van der Waals surface area contributed by atoms with Gasteiger partial charge in [0.15, 0.2) is 5.96 Å². The highest BCUT2D eigenvalue weighted by Gasteiger charge is 2.58. The minimum absolute atomic E-state index is 0. The molecule has 2 aliphatic rings. The number of aromatic nitrogens is 1. The molecule has 0 radical (unpaired) electrons. The minimum atomic E-state index is 0. The zero-order chi connectivity index (χ0) is 18.2. The summed E-state index contributed by atoms with van der Waals surface area (Å²) in [6.45, 7) is 12.8. The van der Waals surface area contributed by atoms with E-state index in [4.69, 9.17) is 9.72 Å². The van der Waals surface area contributed by atoms with E-state index in [1.807, 2.05) is 7.05 Å². The van der Waals surface area contributed by atoms with Crippen molar-refractivity contribution in [3.63, 3.8) is 0 Å². The van der Waals surface area contributed by atoms with Gasteiger partial charge in [0.1, 0.15) is 5.01 Å². The second-order valence-electron chi connectivity index (χ2n) is 8.84. The summed E-state index contributed by atoms with van der Waals surface area (Å²) in [6.07, 6.45) is 2.78. The van der Waals surface area contributed by atoms with Crippen molar-refractivity contribution >= 4 is 41.3 Å². The third-order valence-corrected chi connectivity index (χ3v) is 6.42. The van der Waals surface area contributed by atoms with Crippen LogP contribution in [-0.4, -0.2) is 36.7 Å². The van der Waals surface area contributed by atoms with Crippen molar-refractivity contribution in [2.45, 2.75) is 71.6 Å². The molecule has 1 aromatic heterocycles. The summed E-state index contributed by atoms with van der Waals surface area (Å²) in [5.41, 5.74) is 1.39. The molecule has 1 aliphatic heterocycles. The Bertz CT molecular complexity index is 638. The van der Waals surface area contributed by atoms with Crippen molar-refractivity contribution in [3.05, 3.63) is 16.1 Å². The van der Waals surface area contributed by atoms with Gasteiger partial charge in [-0.05, 0) is 12.8 Å². The molecule has 0 aromatic carbocycles. The molecule has 1 saturated carbocycles. The molecule has 3 unspecified atom stereocenters. The normalized spacial score (nSPS) is 27.8. The van der Waals surface area contributed by atoms with Crippen LogP contribution in [0.1, 0.15) is 58.2 Å². The van der Waals surface area contributed by atoms with Crippen molar-refractivity contribution in [1.29, 1.82) is 0 Å². The average molecular weight is 492 g/mol. The van der Waals surface area contributed by atoms with Gasteiger partial charge in [-0.15, -0.1) is 35.3 Å². The Morgan fingerprint density at radius 2 is 2.15 bits per heavy atom. The summed E-state index contributed by atoms with van der Waals surface area (Å²) in [7, 11) is 1.83. The van der Waals surface area contributed by atoms with Crippen molar-refractivity contribution < 1.29 is 4.74 Å². The number of rotatable bonds is 3. The van der Waals surface area contributed by atoms with Crippen LogP contribution in [0.5, 0.6) is 0 Å². The topological polar surface area (TPSA) is 58.5 Å². The van der Waals surface area contributed by atoms with Gasteiger partial charge in [-0.2, -0.15) is 0 Å². The van der Waals surface area contributed by atoms with Gasteiger partial charge in [-0.3, -0.25) is 4.99 Å². The highest BCUT2D eigenvalue weighted by Crippen LogP contribution is 2.51. The number of guanidine groups is 1. The van der Waals surface area contributed by atoms with Crippen LogP contribution in [0.3, 0.4) is 0 Å². The summed E-state index contributed by atoms with van der Waals surface area (Å²) in [5.74, 6) is 1.45. The Morgan fingerprint density at radius 1 is 1.42 bits per heavy atom. The lowest BCUT2D eigenvalue weighted by molar-refractivity contribution is -0.188. The Kier molecular flexibility index (Phi) is 6.99. The van der Waals surface area contributed by atoms with Crippen LogP contribution in [0, 0.1) is 11.3 Å². The van der Waals surface area contributed by atoms with Gasteiger partial charge < -0.3 is 15.4 Å². The molecule has 148 valence electrons. The fourth-order valence-electron chi connectivity index (χ4n) is 4.05. The van der Waals surface area contributed by atoms with E-state index in [-0.39, 0.29) is 34.8 Å². The lowest BCUT2D eigenvalue weighted by Crippen LogP contribution is -2.70. The summed E-state index contributed by atoms with van der Waals surface area (Å²) in [5, 5.41) is 10.3. The smallest absolute Gasteiger partial charge is 0.191 e. The van der Waals surface area contributed by atoms with Gasteiger partial charge in [0.25, 0.3) is 0 Å². The van der Waals surface area contributed by atoms with Crippen LogP contribution in [0.25, 0.3) is 0 Å². The summed E-state index contributed by atoms with van der Waals surface area (Å²) < 4.78 is 5.99. The lowest BCUT2D eigenvalue weighted by atomic mass is 9.55. The van der Waals surface area contributed by atoms with Crippen molar-refractivity contribution in [2.75, 3.05) is 13.7 Å². The predicted octanol–water partition coefficient (Wildman–Crippen LogP) is 3.93. The molecular formula is C19H33IN4OS. The van der Waals surface area contributed by atoms with Gasteiger partial charge in [0.05, 0.1) is 18.3 Å². The number of fused-ring (bicyclic) bond motifs is 1. The van der Waals surface area contributed by atoms with E-state index in [2.05, 4.69) is 55.6 Å².